The predicted molar refractivity (Wildman–Crippen MR) is 96.2 cm³/mol. The van der Waals surface area contributed by atoms with Gasteiger partial charge in [-0.15, -0.1) is 0 Å². The van der Waals surface area contributed by atoms with E-state index in [1.807, 2.05) is 43.3 Å². The van der Waals surface area contributed by atoms with Crippen molar-refractivity contribution in [2.75, 3.05) is 29.0 Å². The third kappa shape index (κ3) is 3.27. The summed E-state index contributed by atoms with van der Waals surface area (Å²) in [6, 6.07) is 11.4. The van der Waals surface area contributed by atoms with Gasteiger partial charge in [-0.1, -0.05) is 23.7 Å². The van der Waals surface area contributed by atoms with Gasteiger partial charge in [-0.3, -0.25) is 4.79 Å². The average molecular weight is 330 g/mol. The van der Waals surface area contributed by atoms with Crippen molar-refractivity contribution in [3.8, 4) is 0 Å². The number of halogens is 1. The first-order valence-corrected chi connectivity index (χ1v) is 8.11. The van der Waals surface area contributed by atoms with E-state index in [-0.39, 0.29) is 5.91 Å². The molecule has 3 N–H and O–H groups in total. The number of nitrogens with zero attached hydrogens (tertiary/aromatic N) is 1. The summed E-state index contributed by atoms with van der Waals surface area (Å²) in [6.07, 6.45) is 1.97. The summed E-state index contributed by atoms with van der Waals surface area (Å²) in [4.78, 5) is 14.5. The first-order chi connectivity index (χ1) is 11.1. The van der Waals surface area contributed by atoms with Gasteiger partial charge in [0.2, 0.25) is 5.91 Å². The molecule has 1 heterocycles. The first kappa shape index (κ1) is 15.7. The van der Waals surface area contributed by atoms with Gasteiger partial charge in [0.25, 0.3) is 0 Å². The van der Waals surface area contributed by atoms with Gasteiger partial charge < -0.3 is 16.0 Å². The van der Waals surface area contributed by atoms with Crippen LogP contribution in [-0.2, 0) is 11.2 Å². The number of hydrogen-bond acceptors (Lipinski definition) is 3. The van der Waals surface area contributed by atoms with E-state index in [4.69, 9.17) is 17.3 Å². The van der Waals surface area contributed by atoms with Crippen molar-refractivity contribution < 1.29 is 4.79 Å². The fourth-order valence-electron chi connectivity index (χ4n) is 3.00. The second kappa shape index (κ2) is 6.50. The van der Waals surface area contributed by atoms with Crippen molar-refractivity contribution in [1.82, 2.24) is 0 Å². The summed E-state index contributed by atoms with van der Waals surface area (Å²) in [7, 11) is 0. The van der Waals surface area contributed by atoms with Crippen LogP contribution in [0.4, 0.5) is 17.1 Å². The van der Waals surface area contributed by atoms with E-state index in [1.54, 1.807) is 0 Å². The summed E-state index contributed by atoms with van der Waals surface area (Å²) in [5, 5.41) is 3.60. The second-order valence-corrected chi connectivity index (χ2v) is 6.24. The lowest BCUT2D eigenvalue weighted by atomic mass is 10.00. The van der Waals surface area contributed by atoms with Crippen molar-refractivity contribution in [1.29, 1.82) is 0 Å². The standard InChI is InChI=1S/C18H20ClN3O/c1-12-14(19)6-2-8-16(12)21-18(23)11-22-10-4-5-13-15(20)7-3-9-17(13)22/h2-3,6-9H,4-5,10-11,20H2,1H3,(H,21,23). The molecule has 0 fully saturated rings. The lowest BCUT2D eigenvalue weighted by Gasteiger charge is -2.31. The molecular weight excluding hydrogens is 310 g/mol. The van der Waals surface area contributed by atoms with Crippen molar-refractivity contribution in [2.45, 2.75) is 19.8 Å². The molecule has 0 saturated heterocycles. The van der Waals surface area contributed by atoms with E-state index in [1.165, 1.54) is 0 Å². The van der Waals surface area contributed by atoms with Gasteiger partial charge in [-0.2, -0.15) is 0 Å². The van der Waals surface area contributed by atoms with E-state index in [0.29, 0.717) is 11.6 Å². The molecule has 0 bridgehead atoms. The van der Waals surface area contributed by atoms with E-state index in [2.05, 4.69) is 10.2 Å². The van der Waals surface area contributed by atoms with E-state index < -0.39 is 0 Å². The lowest BCUT2D eigenvalue weighted by molar-refractivity contribution is -0.115. The number of carbonyl (C=O) groups is 1. The number of anilines is 3. The van der Waals surface area contributed by atoms with E-state index in [9.17, 15) is 4.79 Å². The number of benzene rings is 2. The number of amides is 1. The fraction of sp³-hybridized carbons (Fsp3) is 0.278. The van der Waals surface area contributed by atoms with Crippen LogP contribution in [-0.4, -0.2) is 19.0 Å². The van der Waals surface area contributed by atoms with E-state index >= 15 is 0 Å². The van der Waals surface area contributed by atoms with Crippen LogP contribution in [0.5, 0.6) is 0 Å². The molecule has 0 saturated carbocycles. The molecule has 3 rings (SSSR count). The smallest absolute Gasteiger partial charge is 0.243 e. The monoisotopic (exact) mass is 329 g/mol. The minimum Gasteiger partial charge on any atom is -0.398 e. The Morgan fingerprint density at radius 3 is 2.91 bits per heavy atom. The number of nitrogens with two attached hydrogens (primary N) is 1. The molecule has 0 unspecified atom stereocenters. The number of hydrogen-bond donors (Lipinski definition) is 2. The van der Waals surface area contributed by atoms with Gasteiger partial charge in [0.15, 0.2) is 0 Å². The third-order valence-electron chi connectivity index (χ3n) is 4.26. The van der Waals surface area contributed by atoms with Crippen LogP contribution in [0.1, 0.15) is 17.5 Å². The Bertz CT molecular complexity index is 745. The maximum absolute atomic E-state index is 12.4. The zero-order valence-corrected chi connectivity index (χ0v) is 13.9. The molecule has 0 aromatic heterocycles. The van der Waals surface area contributed by atoms with Crippen LogP contribution in [0.3, 0.4) is 0 Å². The highest BCUT2D eigenvalue weighted by atomic mass is 35.5. The second-order valence-electron chi connectivity index (χ2n) is 5.83. The van der Waals surface area contributed by atoms with Gasteiger partial charge in [0, 0.05) is 28.6 Å². The molecular formula is C18H20ClN3O. The van der Waals surface area contributed by atoms with Gasteiger partial charge in [0.05, 0.1) is 6.54 Å². The third-order valence-corrected chi connectivity index (χ3v) is 4.67. The number of rotatable bonds is 3. The highest BCUT2D eigenvalue weighted by molar-refractivity contribution is 6.31. The lowest BCUT2D eigenvalue weighted by Crippen LogP contribution is -2.37. The Hall–Kier alpha value is -2.20. The maximum Gasteiger partial charge on any atom is 0.243 e. The summed E-state index contributed by atoms with van der Waals surface area (Å²) >= 11 is 6.10. The highest BCUT2D eigenvalue weighted by Crippen LogP contribution is 2.31. The Kier molecular flexibility index (Phi) is 4.44. The molecule has 2 aromatic rings. The van der Waals surface area contributed by atoms with Crippen LogP contribution in [0.25, 0.3) is 0 Å². The normalized spacial score (nSPS) is 13.6. The largest absolute Gasteiger partial charge is 0.398 e. The van der Waals surface area contributed by atoms with Crippen molar-refractivity contribution >= 4 is 34.6 Å². The number of carbonyl (C=O) groups excluding carboxylic acids is 1. The molecule has 0 radical (unpaired) electrons. The van der Waals surface area contributed by atoms with Crippen LogP contribution in [0.2, 0.25) is 5.02 Å². The molecule has 4 nitrogen and oxygen atoms in total. The summed E-state index contributed by atoms with van der Waals surface area (Å²) in [6.45, 7) is 3.07. The van der Waals surface area contributed by atoms with Crippen molar-refractivity contribution in [3.05, 3.63) is 52.5 Å². The van der Waals surface area contributed by atoms with Crippen LogP contribution in [0.15, 0.2) is 36.4 Å². The molecule has 120 valence electrons. The van der Waals surface area contributed by atoms with Gasteiger partial charge in [-0.05, 0) is 55.2 Å². The van der Waals surface area contributed by atoms with Gasteiger partial charge in [-0.25, -0.2) is 0 Å². The zero-order chi connectivity index (χ0) is 16.4. The molecule has 1 aliphatic rings. The zero-order valence-electron chi connectivity index (χ0n) is 13.1. The summed E-state index contributed by atoms with van der Waals surface area (Å²) < 4.78 is 0. The summed E-state index contributed by atoms with van der Waals surface area (Å²) in [5.74, 6) is -0.0503. The Labute approximate surface area is 141 Å². The van der Waals surface area contributed by atoms with Crippen LogP contribution in [0, 0.1) is 6.92 Å². The fourth-order valence-corrected chi connectivity index (χ4v) is 3.17. The van der Waals surface area contributed by atoms with Gasteiger partial charge in [0.1, 0.15) is 0 Å². The predicted octanol–water partition coefficient (Wildman–Crippen LogP) is 3.62. The average Bonchev–Trinajstić information content (AvgIpc) is 2.53. The first-order valence-electron chi connectivity index (χ1n) is 7.73. The molecule has 1 aliphatic heterocycles. The Morgan fingerprint density at radius 2 is 2.09 bits per heavy atom. The Morgan fingerprint density at radius 1 is 1.30 bits per heavy atom. The molecule has 0 spiro atoms. The topological polar surface area (TPSA) is 58.4 Å². The van der Waals surface area contributed by atoms with Crippen molar-refractivity contribution in [3.63, 3.8) is 0 Å². The van der Waals surface area contributed by atoms with E-state index in [0.717, 1.165) is 47.6 Å². The molecule has 23 heavy (non-hydrogen) atoms. The molecule has 0 atom stereocenters. The molecule has 1 amide bonds. The number of nitrogens with one attached hydrogen (secondary N) is 1. The number of nitrogen functional groups attached to an aromatic ring is 1. The Balaban J connectivity index is 1.75. The minimum atomic E-state index is -0.0503. The molecule has 0 aliphatic carbocycles. The quantitative estimate of drug-likeness (QED) is 0.845. The van der Waals surface area contributed by atoms with Crippen molar-refractivity contribution in [2.24, 2.45) is 0 Å². The molecule has 5 heteroatoms. The SMILES string of the molecule is Cc1c(Cl)cccc1NC(=O)CN1CCCc2c(N)cccc21. The maximum atomic E-state index is 12.4. The number of fused-ring (bicyclic) bond motifs is 1. The minimum absolute atomic E-state index is 0.0503. The molecule has 2 aromatic carbocycles. The van der Waals surface area contributed by atoms with Crippen LogP contribution >= 0.6 is 11.6 Å². The van der Waals surface area contributed by atoms with Gasteiger partial charge >= 0.3 is 0 Å². The van der Waals surface area contributed by atoms with Crippen LogP contribution < -0.4 is 16.0 Å². The highest BCUT2D eigenvalue weighted by Gasteiger charge is 2.20. The summed E-state index contributed by atoms with van der Waals surface area (Å²) in [5.41, 5.74) is 10.7.